The van der Waals surface area contributed by atoms with Gasteiger partial charge in [0.2, 0.25) is 11.9 Å². The van der Waals surface area contributed by atoms with Crippen LogP contribution in [0.2, 0.25) is 5.02 Å². The first-order chi connectivity index (χ1) is 14.6. The Kier molecular flexibility index (Phi) is 7.03. The smallest absolute Gasteiger partial charge is 0.272 e. The first-order valence-corrected chi connectivity index (χ1v) is 9.74. The molecule has 0 saturated carbocycles. The summed E-state index contributed by atoms with van der Waals surface area (Å²) in [5, 5.41) is 7.70. The summed E-state index contributed by atoms with van der Waals surface area (Å²) in [4.78, 5) is 8.80. The van der Waals surface area contributed by atoms with Crippen molar-refractivity contribution in [1.29, 1.82) is 0 Å². The standard InChI is InChI=1S/C23H23ClN4O2/c1-5-8-18(21(25-3)26-4)22-27-23(30-28-22)20(17-9-6-7-10-19(17)24)29-16-13-11-15(2)12-14-16/h5-14,20H,1H2,2-4H3,(H,25,26)/b18-8+. The van der Waals surface area contributed by atoms with E-state index in [1.54, 1.807) is 32.3 Å². The molecule has 1 aromatic heterocycles. The second-order valence-corrected chi connectivity index (χ2v) is 6.83. The summed E-state index contributed by atoms with van der Waals surface area (Å²) < 4.78 is 11.8. The molecule has 6 nitrogen and oxygen atoms in total. The van der Waals surface area contributed by atoms with Crippen molar-refractivity contribution >= 4 is 23.0 Å². The molecule has 0 aliphatic carbocycles. The van der Waals surface area contributed by atoms with E-state index in [4.69, 9.17) is 20.9 Å². The van der Waals surface area contributed by atoms with Crippen molar-refractivity contribution in [3.8, 4) is 5.75 Å². The predicted octanol–water partition coefficient (Wildman–Crippen LogP) is 5.02. The molecule has 154 valence electrons. The Morgan fingerprint density at radius 2 is 1.97 bits per heavy atom. The summed E-state index contributed by atoms with van der Waals surface area (Å²) in [5.74, 6) is 1.92. The number of aromatic nitrogens is 2. The maximum Gasteiger partial charge on any atom is 0.272 e. The number of ether oxygens (including phenoxy) is 1. The van der Waals surface area contributed by atoms with Gasteiger partial charge in [0.15, 0.2) is 0 Å². The molecule has 1 atom stereocenters. The van der Waals surface area contributed by atoms with Crippen LogP contribution in [-0.4, -0.2) is 30.1 Å². The highest BCUT2D eigenvalue weighted by Crippen LogP contribution is 2.32. The van der Waals surface area contributed by atoms with Gasteiger partial charge in [-0.05, 0) is 31.2 Å². The fraction of sp³-hybridized carbons (Fsp3) is 0.174. The van der Waals surface area contributed by atoms with E-state index in [0.717, 1.165) is 11.1 Å². The van der Waals surface area contributed by atoms with Crippen LogP contribution in [0.25, 0.3) is 5.57 Å². The van der Waals surface area contributed by atoms with Crippen LogP contribution in [0, 0.1) is 6.92 Å². The van der Waals surface area contributed by atoms with Crippen LogP contribution in [0.15, 0.2) is 76.8 Å². The molecule has 0 radical (unpaired) electrons. The van der Waals surface area contributed by atoms with Gasteiger partial charge in [-0.25, -0.2) is 0 Å². The molecular formula is C23H23ClN4O2. The number of nitrogens with one attached hydrogen (secondary N) is 1. The molecule has 2 aromatic carbocycles. The predicted molar refractivity (Wildman–Crippen MR) is 120 cm³/mol. The molecule has 30 heavy (non-hydrogen) atoms. The Balaban J connectivity index is 2.04. The largest absolute Gasteiger partial charge is 0.476 e. The molecule has 0 amide bonds. The van der Waals surface area contributed by atoms with Crippen LogP contribution in [0.4, 0.5) is 0 Å². The van der Waals surface area contributed by atoms with Crippen molar-refractivity contribution in [1.82, 2.24) is 15.5 Å². The highest BCUT2D eigenvalue weighted by atomic mass is 35.5. The van der Waals surface area contributed by atoms with E-state index in [-0.39, 0.29) is 5.89 Å². The van der Waals surface area contributed by atoms with E-state index >= 15 is 0 Å². The highest BCUT2D eigenvalue weighted by Gasteiger charge is 2.27. The van der Waals surface area contributed by atoms with Crippen LogP contribution in [-0.2, 0) is 0 Å². The van der Waals surface area contributed by atoms with Crippen molar-refractivity contribution in [3.63, 3.8) is 0 Å². The summed E-state index contributed by atoms with van der Waals surface area (Å²) in [6.07, 6.45) is 2.73. The average Bonchev–Trinajstić information content (AvgIpc) is 3.24. The average molecular weight is 423 g/mol. The van der Waals surface area contributed by atoms with Gasteiger partial charge in [-0.2, -0.15) is 4.98 Å². The summed E-state index contributed by atoms with van der Waals surface area (Å²) >= 11 is 6.45. The molecule has 0 spiro atoms. The number of allylic oxidation sites excluding steroid dienone is 2. The molecule has 0 aliphatic rings. The monoisotopic (exact) mass is 422 g/mol. The van der Waals surface area contributed by atoms with Crippen molar-refractivity contribution in [2.24, 2.45) is 4.99 Å². The molecular weight excluding hydrogens is 400 g/mol. The lowest BCUT2D eigenvalue weighted by Crippen LogP contribution is -2.20. The number of hydrogen-bond donors (Lipinski definition) is 1. The number of benzene rings is 2. The number of nitrogens with zero attached hydrogens (tertiary/aromatic N) is 3. The van der Waals surface area contributed by atoms with E-state index in [1.165, 1.54) is 0 Å². The van der Waals surface area contributed by atoms with Gasteiger partial charge in [0.05, 0.1) is 5.57 Å². The third-order valence-electron chi connectivity index (χ3n) is 4.37. The Hall–Kier alpha value is -3.38. The van der Waals surface area contributed by atoms with Crippen LogP contribution < -0.4 is 10.1 Å². The van der Waals surface area contributed by atoms with Gasteiger partial charge in [-0.15, -0.1) is 0 Å². The van der Waals surface area contributed by atoms with Crippen LogP contribution in [0.5, 0.6) is 5.75 Å². The molecule has 1 unspecified atom stereocenters. The number of aryl methyl sites for hydroxylation is 1. The summed E-state index contributed by atoms with van der Waals surface area (Å²) in [5.41, 5.74) is 2.51. The summed E-state index contributed by atoms with van der Waals surface area (Å²) in [7, 11) is 3.45. The Morgan fingerprint density at radius 1 is 1.23 bits per heavy atom. The highest BCUT2D eigenvalue weighted by molar-refractivity contribution is 6.31. The Bertz CT molecular complexity index is 1070. The Morgan fingerprint density at radius 3 is 2.60 bits per heavy atom. The molecule has 7 heteroatoms. The van der Waals surface area contributed by atoms with Gasteiger partial charge in [-0.1, -0.05) is 65.3 Å². The molecule has 1 N–H and O–H groups in total. The number of aliphatic imine (C=N–C) groups is 1. The lowest BCUT2D eigenvalue weighted by molar-refractivity contribution is 0.193. The van der Waals surface area contributed by atoms with Crippen molar-refractivity contribution in [2.75, 3.05) is 14.1 Å². The lowest BCUT2D eigenvalue weighted by atomic mass is 10.1. The van der Waals surface area contributed by atoms with Gasteiger partial charge >= 0.3 is 0 Å². The fourth-order valence-corrected chi connectivity index (χ4v) is 3.12. The quantitative estimate of drug-likeness (QED) is 0.329. The number of rotatable bonds is 7. The maximum atomic E-state index is 6.45. The molecule has 0 saturated heterocycles. The zero-order valence-electron chi connectivity index (χ0n) is 17.1. The molecule has 0 aliphatic heterocycles. The van der Waals surface area contributed by atoms with Gasteiger partial charge in [0, 0.05) is 24.7 Å². The zero-order chi connectivity index (χ0) is 21.5. The minimum Gasteiger partial charge on any atom is -0.476 e. The molecule has 1 heterocycles. The molecule has 3 aromatic rings. The maximum absolute atomic E-state index is 6.45. The minimum absolute atomic E-state index is 0.278. The SMILES string of the molecule is C=C/C=C(\C(=N/C)NC)c1noc(C(Oc2ccc(C)cc2)c2ccccc2Cl)n1. The van der Waals surface area contributed by atoms with E-state index in [1.807, 2.05) is 49.4 Å². The van der Waals surface area contributed by atoms with E-state index < -0.39 is 6.10 Å². The van der Waals surface area contributed by atoms with Crippen LogP contribution in [0.3, 0.4) is 0 Å². The first-order valence-electron chi connectivity index (χ1n) is 9.36. The third kappa shape index (κ3) is 4.78. The van der Waals surface area contributed by atoms with Crippen molar-refractivity contribution in [2.45, 2.75) is 13.0 Å². The van der Waals surface area contributed by atoms with Crippen molar-refractivity contribution in [3.05, 3.63) is 95.1 Å². The van der Waals surface area contributed by atoms with Gasteiger partial charge in [-0.3, -0.25) is 4.99 Å². The van der Waals surface area contributed by atoms with E-state index in [9.17, 15) is 0 Å². The lowest BCUT2D eigenvalue weighted by Gasteiger charge is -2.17. The summed E-state index contributed by atoms with van der Waals surface area (Å²) in [6.45, 7) is 5.77. The van der Waals surface area contributed by atoms with E-state index in [2.05, 4.69) is 27.0 Å². The third-order valence-corrected chi connectivity index (χ3v) is 4.71. The first kappa shape index (κ1) is 21.3. The second-order valence-electron chi connectivity index (χ2n) is 6.43. The minimum atomic E-state index is -0.677. The number of halogens is 1. The number of hydrogen-bond acceptors (Lipinski definition) is 5. The van der Waals surface area contributed by atoms with Gasteiger partial charge < -0.3 is 14.6 Å². The van der Waals surface area contributed by atoms with Gasteiger partial charge in [0.1, 0.15) is 11.6 Å². The Labute approximate surface area is 180 Å². The number of likely N-dealkylation sites (N-methyl/N-ethyl adjacent to an activating group) is 1. The molecule has 0 bridgehead atoms. The summed E-state index contributed by atoms with van der Waals surface area (Å²) in [6, 6.07) is 15.1. The molecule has 3 rings (SSSR count). The normalized spacial score (nSPS) is 13.1. The zero-order valence-corrected chi connectivity index (χ0v) is 17.8. The second kappa shape index (κ2) is 9.89. The molecule has 0 fully saturated rings. The fourth-order valence-electron chi connectivity index (χ4n) is 2.88. The van der Waals surface area contributed by atoms with Crippen LogP contribution in [0.1, 0.15) is 28.9 Å². The number of amidine groups is 1. The topological polar surface area (TPSA) is 72.5 Å². The van der Waals surface area contributed by atoms with Crippen molar-refractivity contribution < 1.29 is 9.26 Å². The van der Waals surface area contributed by atoms with Gasteiger partial charge in [0.25, 0.3) is 5.89 Å². The van der Waals surface area contributed by atoms with E-state index in [0.29, 0.717) is 28.0 Å². The van der Waals surface area contributed by atoms with Crippen LogP contribution >= 0.6 is 11.6 Å².